The number of rotatable bonds is 11. The van der Waals surface area contributed by atoms with Crippen LogP contribution in [0.5, 0.6) is 11.5 Å². The first kappa shape index (κ1) is 24.4. The number of hydrogen-bond acceptors (Lipinski definition) is 10. The van der Waals surface area contributed by atoms with Crippen LogP contribution in [0.4, 0.5) is 0 Å². The highest BCUT2D eigenvalue weighted by atomic mass is 32.1. The summed E-state index contributed by atoms with van der Waals surface area (Å²) in [4.78, 5) is 1.57. The van der Waals surface area contributed by atoms with Crippen molar-refractivity contribution in [2.45, 2.75) is 52.7 Å². The topological polar surface area (TPSA) is 105 Å². The summed E-state index contributed by atoms with van der Waals surface area (Å²) in [7, 11) is 0. The van der Waals surface area contributed by atoms with E-state index in [2.05, 4.69) is 30.6 Å². The van der Waals surface area contributed by atoms with Crippen LogP contribution in [-0.2, 0) is 26.1 Å². The summed E-state index contributed by atoms with van der Waals surface area (Å²) in [5.41, 5.74) is 2.20. The standard InChI is InChI=1S/C26H26N8O2S2/c1-17-9-3-5-11-19(17)35-15-23-31-33-21(27-29-25(33)37-23)13-7-8-14-22-28-30-26-34(22)32-24(38-26)16-36-20-12-6-4-10-18(20)2/h3-6,9-12H,7-8,13-16H2,1-2H3. The van der Waals surface area contributed by atoms with E-state index >= 15 is 0 Å². The summed E-state index contributed by atoms with van der Waals surface area (Å²) < 4.78 is 15.5. The largest absolute Gasteiger partial charge is 0.486 e. The van der Waals surface area contributed by atoms with E-state index in [1.54, 1.807) is 0 Å². The number of aryl methyl sites for hydroxylation is 4. The van der Waals surface area contributed by atoms with Gasteiger partial charge >= 0.3 is 0 Å². The fourth-order valence-electron chi connectivity index (χ4n) is 4.10. The van der Waals surface area contributed by atoms with Gasteiger partial charge in [0.15, 0.2) is 21.7 Å². The molecule has 0 fully saturated rings. The number of nitrogens with zero attached hydrogens (tertiary/aromatic N) is 8. The van der Waals surface area contributed by atoms with E-state index in [0.717, 1.165) is 79.9 Å². The molecule has 38 heavy (non-hydrogen) atoms. The van der Waals surface area contributed by atoms with Crippen LogP contribution in [0, 0.1) is 13.8 Å². The minimum Gasteiger partial charge on any atom is -0.486 e. The Hall–Kier alpha value is -3.90. The molecule has 10 nitrogen and oxygen atoms in total. The molecule has 0 saturated heterocycles. The Morgan fingerprint density at radius 1 is 0.632 bits per heavy atom. The van der Waals surface area contributed by atoms with Crippen molar-refractivity contribution < 1.29 is 9.47 Å². The van der Waals surface area contributed by atoms with Gasteiger partial charge in [0.2, 0.25) is 9.92 Å². The zero-order valence-electron chi connectivity index (χ0n) is 21.1. The Bertz CT molecular complexity index is 1560. The molecule has 0 saturated carbocycles. The first-order chi connectivity index (χ1) is 18.6. The number of hydrogen-bond donors (Lipinski definition) is 0. The Kier molecular flexibility index (Phi) is 6.97. The van der Waals surface area contributed by atoms with Gasteiger partial charge in [-0.3, -0.25) is 0 Å². The summed E-state index contributed by atoms with van der Waals surface area (Å²) >= 11 is 3.00. The summed E-state index contributed by atoms with van der Waals surface area (Å²) in [6.45, 7) is 4.88. The molecule has 0 aliphatic rings. The smallest absolute Gasteiger partial charge is 0.234 e. The predicted molar refractivity (Wildman–Crippen MR) is 145 cm³/mol. The Balaban J connectivity index is 1.02. The van der Waals surface area contributed by atoms with Gasteiger partial charge in [-0.1, -0.05) is 59.1 Å². The van der Waals surface area contributed by atoms with Gasteiger partial charge in [0.05, 0.1) is 0 Å². The fourth-order valence-corrected chi connectivity index (χ4v) is 5.64. The molecule has 6 rings (SSSR count). The first-order valence-corrected chi connectivity index (χ1v) is 14.0. The lowest BCUT2D eigenvalue weighted by Gasteiger charge is -2.06. The van der Waals surface area contributed by atoms with Gasteiger partial charge in [-0.05, 0) is 49.9 Å². The van der Waals surface area contributed by atoms with Gasteiger partial charge in [-0.2, -0.15) is 19.2 Å². The van der Waals surface area contributed by atoms with Crippen molar-refractivity contribution in [3.05, 3.63) is 81.3 Å². The molecule has 0 aliphatic carbocycles. The number of unbranched alkanes of at least 4 members (excludes halogenated alkanes) is 1. The summed E-state index contributed by atoms with van der Waals surface area (Å²) in [6, 6.07) is 15.9. The van der Waals surface area contributed by atoms with Gasteiger partial charge < -0.3 is 9.47 Å². The number of benzene rings is 2. The van der Waals surface area contributed by atoms with Gasteiger partial charge in [-0.25, -0.2) is 0 Å². The molecule has 4 heterocycles. The van der Waals surface area contributed by atoms with Crippen molar-refractivity contribution in [2.24, 2.45) is 0 Å². The molecule has 6 aromatic rings. The molecule has 0 bridgehead atoms. The van der Waals surface area contributed by atoms with Gasteiger partial charge in [0.1, 0.15) is 24.7 Å². The van der Waals surface area contributed by atoms with Crippen molar-refractivity contribution in [3.63, 3.8) is 0 Å². The maximum absolute atomic E-state index is 5.94. The van der Waals surface area contributed by atoms with Gasteiger partial charge in [0.25, 0.3) is 0 Å². The molecule has 0 aliphatic heterocycles. The molecule has 0 radical (unpaired) electrons. The lowest BCUT2D eigenvalue weighted by molar-refractivity contribution is 0.301. The summed E-state index contributed by atoms with van der Waals surface area (Å²) in [6.07, 6.45) is 3.40. The van der Waals surface area contributed by atoms with Crippen LogP contribution in [0.1, 0.15) is 45.6 Å². The maximum Gasteiger partial charge on any atom is 0.234 e. The number of aromatic nitrogens is 8. The average Bonchev–Trinajstić information content (AvgIpc) is 3.68. The second-order valence-electron chi connectivity index (χ2n) is 8.93. The molecule has 0 amide bonds. The third kappa shape index (κ3) is 5.22. The highest BCUT2D eigenvalue weighted by Crippen LogP contribution is 2.22. The molecule has 194 valence electrons. The van der Waals surface area contributed by atoms with Crippen molar-refractivity contribution in [3.8, 4) is 11.5 Å². The number of para-hydroxylation sites is 2. The summed E-state index contributed by atoms with van der Waals surface area (Å²) in [5.74, 6) is 3.45. The number of ether oxygens (including phenoxy) is 2. The SMILES string of the molecule is Cc1ccccc1OCc1nn2c(CCCCc3nnc4sc(COc5ccccc5C)nn34)nnc2s1. The van der Waals surface area contributed by atoms with E-state index in [4.69, 9.17) is 9.47 Å². The van der Waals surface area contributed by atoms with Crippen molar-refractivity contribution in [2.75, 3.05) is 0 Å². The monoisotopic (exact) mass is 546 g/mol. The zero-order chi connectivity index (χ0) is 25.9. The van der Waals surface area contributed by atoms with Gasteiger partial charge in [0, 0.05) is 12.8 Å². The van der Waals surface area contributed by atoms with E-state index in [9.17, 15) is 0 Å². The van der Waals surface area contributed by atoms with E-state index < -0.39 is 0 Å². The van der Waals surface area contributed by atoms with Crippen LogP contribution in [0.2, 0.25) is 0 Å². The van der Waals surface area contributed by atoms with E-state index in [1.807, 2.05) is 71.4 Å². The van der Waals surface area contributed by atoms with Crippen LogP contribution >= 0.6 is 22.7 Å². The lowest BCUT2D eigenvalue weighted by Crippen LogP contribution is -2.02. The Morgan fingerprint density at radius 3 is 1.53 bits per heavy atom. The quantitative estimate of drug-likeness (QED) is 0.209. The third-order valence-corrected chi connectivity index (χ3v) is 7.88. The molecule has 2 aromatic carbocycles. The van der Waals surface area contributed by atoms with Crippen LogP contribution in [0.25, 0.3) is 9.92 Å². The minimum atomic E-state index is 0.410. The van der Waals surface area contributed by atoms with Crippen molar-refractivity contribution in [1.82, 2.24) is 39.6 Å². The first-order valence-electron chi connectivity index (χ1n) is 12.4. The molecule has 0 unspecified atom stereocenters. The second kappa shape index (κ2) is 10.8. The molecule has 0 atom stereocenters. The van der Waals surface area contributed by atoms with Crippen LogP contribution in [0.15, 0.2) is 48.5 Å². The molecule has 0 spiro atoms. The van der Waals surface area contributed by atoms with E-state index in [0.29, 0.717) is 13.2 Å². The number of fused-ring (bicyclic) bond motifs is 2. The Morgan fingerprint density at radius 2 is 1.08 bits per heavy atom. The highest BCUT2D eigenvalue weighted by molar-refractivity contribution is 7.16. The van der Waals surface area contributed by atoms with Crippen molar-refractivity contribution >= 4 is 32.6 Å². The third-order valence-electron chi connectivity index (χ3n) is 6.13. The van der Waals surface area contributed by atoms with Crippen LogP contribution < -0.4 is 9.47 Å². The van der Waals surface area contributed by atoms with E-state index in [1.165, 1.54) is 22.7 Å². The Labute approximate surface area is 226 Å². The lowest BCUT2D eigenvalue weighted by atomic mass is 10.2. The average molecular weight is 547 g/mol. The second-order valence-corrected chi connectivity index (χ2v) is 11.0. The minimum absolute atomic E-state index is 0.410. The summed E-state index contributed by atoms with van der Waals surface area (Å²) in [5, 5.41) is 28.3. The fraction of sp³-hybridized carbons (Fsp3) is 0.308. The van der Waals surface area contributed by atoms with Crippen LogP contribution in [0.3, 0.4) is 0 Å². The van der Waals surface area contributed by atoms with Gasteiger partial charge in [-0.15, -0.1) is 20.4 Å². The van der Waals surface area contributed by atoms with Crippen molar-refractivity contribution in [1.29, 1.82) is 0 Å². The zero-order valence-corrected chi connectivity index (χ0v) is 22.7. The molecule has 4 aromatic heterocycles. The molecular weight excluding hydrogens is 520 g/mol. The molecule has 0 N–H and O–H groups in total. The molecule has 12 heteroatoms. The van der Waals surface area contributed by atoms with Crippen LogP contribution in [-0.4, -0.2) is 39.6 Å². The highest BCUT2D eigenvalue weighted by Gasteiger charge is 2.15. The van der Waals surface area contributed by atoms with E-state index in [-0.39, 0.29) is 0 Å². The maximum atomic E-state index is 5.94. The normalized spacial score (nSPS) is 11.5. The molecular formula is C26H26N8O2S2. The predicted octanol–water partition coefficient (Wildman–Crippen LogP) is 5.03.